The largest absolute Gasteiger partial charge is 0.489 e. The standard InChI is InChI=1S/C17H20ClN3O2/c1-10(2)8-21-11(3)13(7-19-21)17(22)20-15-9-23-16-12(15)5-4-6-14(16)18/h4-7,10,15H,8-9H2,1-3H3,(H,20,22)/t15-/m0/s1. The van der Waals surface area contributed by atoms with Gasteiger partial charge in [0.25, 0.3) is 5.91 Å². The molecular weight excluding hydrogens is 314 g/mol. The van der Waals surface area contributed by atoms with E-state index < -0.39 is 0 Å². The second kappa shape index (κ2) is 6.24. The highest BCUT2D eigenvalue weighted by molar-refractivity contribution is 6.32. The summed E-state index contributed by atoms with van der Waals surface area (Å²) in [6.45, 7) is 7.35. The van der Waals surface area contributed by atoms with Crippen molar-refractivity contribution < 1.29 is 9.53 Å². The molecule has 5 nitrogen and oxygen atoms in total. The van der Waals surface area contributed by atoms with Gasteiger partial charge in [-0.05, 0) is 18.9 Å². The van der Waals surface area contributed by atoms with Gasteiger partial charge in [-0.2, -0.15) is 5.10 Å². The molecule has 122 valence electrons. The van der Waals surface area contributed by atoms with Crippen molar-refractivity contribution in [2.45, 2.75) is 33.4 Å². The Balaban J connectivity index is 1.77. The average molecular weight is 334 g/mol. The van der Waals surface area contributed by atoms with Crippen molar-refractivity contribution in [3.8, 4) is 5.75 Å². The zero-order valence-electron chi connectivity index (χ0n) is 13.5. The fourth-order valence-electron chi connectivity index (χ4n) is 2.76. The van der Waals surface area contributed by atoms with Crippen LogP contribution in [0.25, 0.3) is 0 Å². The van der Waals surface area contributed by atoms with Crippen LogP contribution in [0.5, 0.6) is 5.75 Å². The number of hydrogen-bond acceptors (Lipinski definition) is 3. The minimum atomic E-state index is -0.191. The van der Waals surface area contributed by atoms with E-state index in [-0.39, 0.29) is 11.9 Å². The summed E-state index contributed by atoms with van der Waals surface area (Å²) >= 11 is 6.11. The van der Waals surface area contributed by atoms with Crippen LogP contribution in [-0.2, 0) is 6.54 Å². The molecule has 0 bridgehead atoms. The second-order valence-corrected chi connectivity index (χ2v) is 6.62. The van der Waals surface area contributed by atoms with Crippen LogP contribution in [0.2, 0.25) is 5.02 Å². The van der Waals surface area contributed by atoms with E-state index in [1.807, 2.05) is 23.7 Å². The Labute approximate surface area is 140 Å². The summed E-state index contributed by atoms with van der Waals surface area (Å²) in [5, 5.41) is 7.89. The van der Waals surface area contributed by atoms with Gasteiger partial charge in [0, 0.05) is 17.8 Å². The number of hydrogen-bond donors (Lipinski definition) is 1. The number of carbonyl (C=O) groups excluding carboxylic acids is 1. The zero-order chi connectivity index (χ0) is 16.6. The van der Waals surface area contributed by atoms with Crippen LogP contribution in [0.4, 0.5) is 0 Å². The van der Waals surface area contributed by atoms with Gasteiger partial charge in [0.05, 0.1) is 22.8 Å². The van der Waals surface area contributed by atoms with E-state index in [0.29, 0.717) is 28.9 Å². The number of para-hydroxylation sites is 1. The van der Waals surface area contributed by atoms with Gasteiger partial charge in [0.1, 0.15) is 12.4 Å². The third-order valence-corrected chi connectivity index (χ3v) is 4.26. The SMILES string of the molecule is Cc1c(C(=O)N[C@H]2COc3c(Cl)cccc32)cnn1CC(C)C. The van der Waals surface area contributed by atoms with Crippen LogP contribution in [0.15, 0.2) is 24.4 Å². The first-order valence-corrected chi connectivity index (χ1v) is 8.09. The van der Waals surface area contributed by atoms with Crippen LogP contribution in [0, 0.1) is 12.8 Å². The summed E-state index contributed by atoms with van der Waals surface area (Å²) in [6.07, 6.45) is 1.63. The normalized spacial score (nSPS) is 16.3. The summed E-state index contributed by atoms with van der Waals surface area (Å²) in [6, 6.07) is 5.38. The quantitative estimate of drug-likeness (QED) is 0.933. The molecule has 1 amide bonds. The minimum Gasteiger partial charge on any atom is -0.489 e. The summed E-state index contributed by atoms with van der Waals surface area (Å²) in [5.41, 5.74) is 2.39. The Morgan fingerprint density at radius 1 is 1.52 bits per heavy atom. The summed E-state index contributed by atoms with van der Waals surface area (Å²) in [4.78, 5) is 12.6. The van der Waals surface area contributed by atoms with Crippen molar-refractivity contribution >= 4 is 17.5 Å². The van der Waals surface area contributed by atoms with E-state index in [4.69, 9.17) is 16.3 Å². The van der Waals surface area contributed by atoms with Crippen molar-refractivity contribution in [1.29, 1.82) is 0 Å². The van der Waals surface area contributed by atoms with Crippen LogP contribution >= 0.6 is 11.6 Å². The lowest BCUT2D eigenvalue weighted by Gasteiger charge is -2.12. The highest BCUT2D eigenvalue weighted by Gasteiger charge is 2.28. The van der Waals surface area contributed by atoms with Gasteiger partial charge in [-0.1, -0.05) is 37.6 Å². The number of carbonyl (C=O) groups is 1. The van der Waals surface area contributed by atoms with Gasteiger partial charge in [-0.15, -0.1) is 0 Å². The number of nitrogens with one attached hydrogen (secondary N) is 1. The third kappa shape index (κ3) is 3.06. The predicted octanol–water partition coefficient (Wildman–Crippen LogP) is 3.36. The number of ether oxygens (including phenoxy) is 1. The minimum absolute atomic E-state index is 0.140. The topological polar surface area (TPSA) is 56.1 Å². The van der Waals surface area contributed by atoms with Crippen LogP contribution in [0.1, 0.15) is 41.5 Å². The van der Waals surface area contributed by atoms with Gasteiger partial charge >= 0.3 is 0 Å². The first-order valence-electron chi connectivity index (χ1n) is 7.72. The van der Waals surface area contributed by atoms with E-state index in [0.717, 1.165) is 17.8 Å². The number of halogens is 1. The lowest BCUT2D eigenvalue weighted by atomic mass is 10.1. The molecule has 2 heterocycles. The predicted molar refractivity (Wildman–Crippen MR) is 89.0 cm³/mol. The second-order valence-electron chi connectivity index (χ2n) is 6.21. The highest BCUT2D eigenvalue weighted by Crippen LogP contribution is 2.38. The van der Waals surface area contributed by atoms with Crippen molar-refractivity contribution in [3.63, 3.8) is 0 Å². The Morgan fingerprint density at radius 3 is 3.04 bits per heavy atom. The van der Waals surface area contributed by atoms with Crippen molar-refractivity contribution in [2.75, 3.05) is 6.61 Å². The van der Waals surface area contributed by atoms with Crippen LogP contribution < -0.4 is 10.1 Å². The van der Waals surface area contributed by atoms with Crippen LogP contribution in [0.3, 0.4) is 0 Å². The molecule has 0 unspecified atom stereocenters. The molecule has 3 rings (SSSR count). The molecule has 1 atom stereocenters. The molecule has 0 saturated carbocycles. The van der Waals surface area contributed by atoms with Gasteiger partial charge in [0.15, 0.2) is 0 Å². The maximum Gasteiger partial charge on any atom is 0.255 e. The van der Waals surface area contributed by atoms with Crippen molar-refractivity contribution in [2.24, 2.45) is 5.92 Å². The molecule has 0 radical (unpaired) electrons. The Kier molecular flexibility index (Phi) is 4.31. The lowest BCUT2D eigenvalue weighted by molar-refractivity contribution is 0.0929. The molecule has 1 aromatic heterocycles. The fourth-order valence-corrected chi connectivity index (χ4v) is 3.00. The van der Waals surface area contributed by atoms with Crippen LogP contribution in [-0.4, -0.2) is 22.3 Å². The van der Waals surface area contributed by atoms with E-state index >= 15 is 0 Å². The Bertz CT molecular complexity index is 739. The van der Waals surface area contributed by atoms with E-state index in [2.05, 4.69) is 24.3 Å². The smallest absolute Gasteiger partial charge is 0.255 e. The van der Waals surface area contributed by atoms with Gasteiger partial charge in [0.2, 0.25) is 0 Å². The number of aromatic nitrogens is 2. The van der Waals surface area contributed by atoms with Gasteiger partial charge in [-0.25, -0.2) is 0 Å². The Morgan fingerprint density at radius 2 is 2.30 bits per heavy atom. The molecule has 1 aliphatic rings. The van der Waals surface area contributed by atoms with Gasteiger partial charge in [-0.3, -0.25) is 9.48 Å². The van der Waals surface area contributed by atoms with Crippen molar-refractivity contribution in [1.82, 2.24) is 15.1 Å². The molecule has 0 saturated heterocycles. The van der Waals surface area contributed by atoms with E-state index in [1.165, 1.54) is 0 Å². The zero-order valence-corrected chi connectivity index (χ0v) is 14.2. The van der Waals surface area contributed by atoms with E-state index in [9.17, 15) is 4.79 Å². The monoisotopic (exact) mass is 333 g/mol. The van der Waals surface area contributed by atoms with Gasteiger partial charge < -0.3 is 10.1 Å². The molecule has 1 N–H and O–H groups in total. The molecule has 1 aliphatic heterocycles. The van der Waals surface area contributed by atoms with Crippen molar-refractivity contribution in [3.05, 3.63) is 46.2 Å². The molecule has 0 aliphatic carbocycles. The first kappa shape index (κ1) is 15.9. The molecule has 23 heavy (non-hydrogen) atoms. The van der Waals surface area contributed by atoms with E-state index in [1.54, 1.807) is 12.3 Å². The molecule has 6 heteroatoms. The maximum absolute atomic E-state index is 12.6. The first-order chi connectivity index (χ1) is 11.0. The Hall–Kier alpha value is -2.01. The molecule has 2 aromatic rings. The molecule has 1 aromatic carbocycles. The number of fused-ring (bicyclic) bond motifs is 1. The third-order valence-electron chi connectivity index (χ3n) is 3.96. The summed E-state index contributed by atoms with van der Waals surface area (Å²) in [5.74, 6) is 0.993. The molecular formula is C17H20ClN3O2. The fraction of sp³-hybridized carbons (Fsp3) is 0.412. The number of nitrogens with zero attached hydrogens (tertiary/aromatic N) is 2. The highest BCUT2D eigenvalue weighted by atomic mass is 35.5. The number of benzene rings is 1. The summed E-state index contributed by atoms with van der Waals surface area (Å²) < 4.78 is 7.47. The number of rotatable bonds is 4. The average Bonchev–Trinajstić information content (AvgIpc) is 3.05. The summed E-state index contributed by atoms with van der Waals surface area (Å²) in [7, 11) is 0. The maximum atomic E-state index is 12.6. The molecule has 0 fully saturated rings. The molecule has 0 spiro atoms. The number of amides is 1. The lowest BCUT2D eigenvalue weighted by Crippen LogP contribution is -2.29.